The van der Waals surface area contributed by atoms with Crippen LogP contribution in [0.3, 0.4) is 0 Å². The first kappa shape index (κ1) is 10.4. The van der Waals surface area contributed by atoms with Crippen molar-refractivity contribution in [2.45, 2.75) is 19.8 Å². The molecule has 0 N–H and O–H groups in total. The second-order valence-electron chi connectivity index (χ2n) is 4.34. The van der Waals surface area contributed by atoms with Crippen LogP contribution in [0, 0.1) is 5.92 Å². The lowest BCUT2D eigenvalue weighted by molar-refractivity contribution is 0.101. The lowest BCUT2D eigenvalue weighted by Crippen LogP contribution is -2.15. The zero-order chi connectivity index (χ0) is 10.8. The van der Waals surface area contributed by atoms with Gasteiger partial charge in [-0.2, -0.15) is 0 Å². The van der Waals surface area contributed by atoms with Crippen LogP contribution in [0.25, 0.3) is 0 Å². The number of ketones is 1. The second kappa shape index (κ2) is 4.14. The number of aromatic nitrogens is 1. The van der Waals surface area contributed by atoms with Crippen LogP contribution in [-0.4, -0.2) is 36.0 Å². The summed E-state index contributed by atoms with van der Waals surface area (Å²) in [5.74, 6) is 1.39. The Morgan fingerprint density at radius 3 is 3.13 bits per heavy atom. The van der Waals surface area contributed by atoms with E-state index in [4.69, 9.17) is 4.52 Å². The molecule has 1 fully saturated rings. The Morgan fingerprint density at radius 2 is 2.53 bits per heavy atom. The molecule has 1 aromatic heterocycles. The van der Waals surface area contributed by atoms with Crippen molar-refractivity contribution < 1.29 is 9.32 Å². The first-order chi connectivity index (χ1) is 7.16. The fraction of sp³-hybridized carbons (Fsp3) is 0.636. The molecule has 0 radical (unpaired) electrons. The van der Waals surface area contributed by atoms with Crippen LogP contribution in [-0.2, 0) is 6.42 Å². The van der Waals surface area contributed by atoms with E-state index in [0.29, 0.717) is 11.5 Å². The van der Waals surface area contributed by atoms with Crippen molar-refractivity contribution in [1.82, 2.24) is 10.1 Å². The summed E-state index contributed by atoms with van der Waals surface area (Å²) >= 11 is 0. The maximum absolute atomic E-state index is 11.3. The molecule has 0 spiro atoms. The minimum absolute atomic E-state index is 0.0394. The van der Waals surface area contributed by atoms with Crippen molar-refractivity contribution in [2.24, 2.45) is 5.92 Å². The number of carbonyl (C=O) groups is 1. The van der Waals surface area contributed by atoms with Gasteiger partial charge in [0.1, 0.15) is 5.76 Å². The first-order valence-corrected chi connectivity index (χ1v) is 5.30. The van der Waals surface area contributed by atoms with Gasteiger partial charge in [0, 0.05) is 13.0 Å². The van der Waals surface area contributed by atoms with E-state index in [-0.39, 0.29) is 5.78 Å². The Kier molecular flexibility index (Phi) is 2.86. The van der Waals surface area contributed by atoms with E-state index in [1.807, 2.05) is 0 Å². The fourth-order valence-electron chi connectivity index (χ4n) is 2.15. The molecule has 1 atom stereocenters. The number of hydrogen-bond donors (Lipinski definition) is 0. The molecule has 4 nitrogen and oxygen atoms in total. The van der Waals surface area contributed by atoms with E-state index in [0.717, 1.165) is 25.3 Å². The molecule has 2 rings (SSSR count). The molecule has 15 heavy (non-hydrogen) atoms. The summed E-state index contributed by atoms with van der Waals surface area (Å²) in [6.45, 7) is 3.77. The van der Waals surface area contributed by atoms with E-state index < -0.39 is 0 Å². The Hall–Kier alpha value is -1.16. The van der Waals surface area contributed by atoms with Crippen LogP contribution in [0.5, 0.6) is 0 Å². The van der Waals surface area contributed by atoms with Crippen LogP contribution < -0.4 is 0 Å². The Bertz CT molecular complexity index is 359. The molecule has 0 saturated carbocycles. The summed E-state index contributed by atoms with van der Waals surface area (Å²) in [6, 6.07) is 0. The average molecular weight is 208 g/mol. The molecule has 1 aromatic rings. The van der Waals surface area contributed by atoms with Gasteiger partial charge in [-0.3, -0.25) is 4.79 Å². The van der Waals surface area contributed by atoms with Gasteiger partial charge in [-0.25, -0.2) is 0 Å². The summed E-state index contributed by atoms with van der Waals surface area (Å²) in [4.78, 5) is 13.6. The van der Waals surface area contributed by atoms with Crippen molar-refractivity contribution in [2.75, 3.05) is 20.1 Å². The summed E-state index contributed by atoms with van der Waals surface area (Å²) in [5, 5.41) is 3.70. The molecule has 1 aliphatic rings. The van der Waals surface area contributed by atoms with Gasteiger partial charge in [0.25, 0.3) is 0 Å². The van der Waals surface area contributed by atoms with Gasteiger partial charge >= 0.3 is 0 Å². The molecule has 1 aliphatic heterocycles. The highest BCUT2D eigenvalue weighted by molar-refractivity contribution is 5.94. The topological polar surface area (TPSA) is 46.3 Å². The van der Waals surface area contributed by atoms with Gasteiger partial charge in [0.05, 0.1) is 11.8 Å². The maximum Gasteiger partial charge on any atom is 0.164 e. The first-order valence-electron chi connectivity index (χ1n) is 5.30. The number of rotatable bonds is 3. The largest absolute Gasteiger partial charge is 0.361 e. The van der Waals surface area contributed by atoms with E-state index in [1.165, 1.54) is 12.6 Å². The van der Waals surface area contributed by atoms with Gasteiger partial charge in [-0.05, 0) is 32.9 Å². The van der Waals surface area contributed by atoms with Crippen LogP contribution >= 0.6 is 0 Å². The quantitative estimate of drug-likeness (QED) is 0.704. The van der Waals surface area contributed by atoms with Crippen molar-refractivity contribution in [3.8, 4) is 0 Å². The third-order valence-electron chi connectivity index (χ3n) is 2.99. The molecule has 2 heterocycles. The molecule has 82 valence electrons. The zero-order valence-electron chi connectivity index (χ0n) is 9.19. The normalized spacial score (nSPS) is 22.1. The second-order valence-corrected chi connectivity index (χ2v) is 4.34. The molecule has 0 aliphatic carbocycles. The molecular formula is C11H16N2O2. The van der Waals surface area contributed by atoms with Gasteiger partial charge in [-0.1, -0.05) is 5.16 Å². The fourth-order valence-corrected chi connectivity index (χ4v) is 2.15. The summed E-state index contributed by atoms with van der Waals surface area (Å²) in [6.07, 6.45) is 3.53. The summed E-state index contributed by atoms with van der Waals surface area (Å²) in [5.41, 5.74) is 0.643. The van der Waals surface area contributed by atoms with Gasteiger partial charge in [0.2, 0.25) is 0 Å². The number of likely N-dealkylation sites (tertiary alicyclic amines) is 1. The van der Waals surface area contributed by atoms with E-state index in [2.05, 4.69) is 17.1 Å². The molecule has 0 aromatic carbocycles. The van der Waals surface area contributed by atoms with Gasteiger partial charge in [0.15, 0.2) is 5.78 Å². The molecule has 0 amide bonds. The lowest BCUT2D eigenvalue weighted by Gasteiger charge is -2.08. The minimum Gasteiger partial charge on any atom is -0.361 e. The van der Waals surface area contributed by atoms with E-state index in [9.17, 15) is 4.79 Å². The zero-order valence-corrected chi connectivity index (χ0v) is 9.19. The van der Waals surface area contributed by atoms with Crippen LogP contribution in [0.2, 0.25) is 0 Å². The van der Waals surface area contributed by atoms with Gasteiger partial charge in [-0.15, -0.1) is 0 Å². The van der Waals surface area contributed by atoms with Crippen LogP contribution in [0.15, 0.2) is 10.7 Å². The Labute approximate surface area is 89.2 Å². The standard InChI is InChI=1S/C11H16N2O2/c1-8(14)10-6-12-15-11(10)5-9-3-4-13(2)7-9/h6,9H,3-5,7H2,1-2H3. The Balaban J connectivity index is 2.04. The summed E-state index contributed by atoms with van der Waals surface area (Å²) in [7, 11) is 2.12. The van der Waals surface area contributed by atoms with Crippen LogP contribution in [0.4, 0.5) is 0 Å². The molecule has 1 unspecified atom stereocenters. The molecule has 4 heteroatoms. The van der Waals surface area contributed by atoms with E-state index >= 15 is 0 Å². The molecule has 1 saturated heterocycles. The predicted octanol–water partition coefficient (Wildman–Crippen LogP) is 1.37. The lowest BCUT2D eigenvalue weighted by atomic mass is 10.0. The third kappa shape index (κ3) is 2.26. The van der Waals surface area contributed by atoms with Crippen molar-refractivity contribution in [1.29, 1.82) is 0 Å². The average Bonchev–Trinajstić information content (AvgIpc) is 2.75. The number of Topliss-reactive ketones (excluding diaryl/α,β-unsaturated/α-hetero) is 1. The number of carbonyl (C=O) groups excluding carboxylic acids is 1. The van der Waals surface area contributed by atoms with Crippen molar-refractivity contribution >= 4 is 5.78 Å². The Morgan fingerprint density at radius 1 is 1.73 bits per heavy atom. The highest BCUT2D eigenvalue weighted by Gasteiger charge is 2.23. The van der Waals surface area contributed by atoms with Crippen molar-refractivity contribution in [3.63, 3.8) is 0 Å². The highest BCUT2D eigenvalue weighted by Crippen LogP contribution is 2.21. The van der Waals surface area contributed by atoms with Crippen LogP contribution in [0.1, 0.15) is 29.5 Å². The van der Waals surface area contributed by atoms with Gasteiger partial charge < -0.3 is 9.42 Å². The van der Waals surface area contributed by atoms with E-state index in [1.54, 1.807) is 6.92 Å². The molecular weight excluding hydrogens is 192 g/mol. The SMILES string of the molecule is CC(=O)c1cnoc1CC1CCN(C)C1. The predicted molar refractivity (Wildman–Crippen MR) is 55.8 cm³/mol. The molecule has 0 bridgehead atoms. The third-order valence-corrected chi connectivity index (χ3v) is 2.99. The maximum atomic E-state index is 11.3. The minimum atomic E-state index is 0.0394. The monoisotopic (exact) mass is 208 g/mol. The highest BCUT2D eigenvalue weighted by atomic mass is 16.5. The number of nitrogens with zero attached hydrogens (tertiary/aromatic N) is 2. The summed E-state index contributed by atoms with van der Waals surface area (Å²) < 4.78 is 5.13. The number of hydrogen-bond acceptors (Lipinski definition) is 4. The smallest absolute Gasteiger partial charge is 0.164 e. The van der Waals surface area contributed by atoms with Crippen molar-refractivity contribution in [3.05, 3.63) is 17.5 Å².